The summed E-state index contributed by atoms with van der Waals surface area (Å²) in [6, 6.07) is 20.5. The minimum atomic E-state index is -0.106. The number of nitrogens with zero attached hydrogens (tertiary/aromatic N) is 2. The predicted octanol–water partition coefficient (Wildman–Crippen LogP) is 6.10. The maximum absolute atomic E-state index is 8.31. The van der Waals surface area contributed by atoms with E-state index in [1.54, 1.807) is 12.1 Å². The zero-order chi connectivity index (χ0) is 22.5. The molecule has 4 rings (SSSR count). The van der Waals surface area contributed by atoms with E-state index in [0.29, 0.717) is 23.0 Å². The molecule has 0 fully saturated rings. The number of aromatic nitrogens is 2. The largest absolute Gasteiger partial charge is 0.487 e. The Morgan fingerprint density at radius 1 is 1.03 bits per heavy atom. The molecule has 0 aliphatic rings. The van der Waals surface area contributed by atoms with E-state index >= 15 is 0 Å². The summed E-state index contributed by atoms with van der Waals surface area (Å²) in [4.78, 5) is 4.53. The number of halogens is 1. The fourth-order valence-corrected chi connectivity index (χ4v) is 3.28. The molecule has 2 aromatic heterocycles. The Hall–Kier alpha value is -3.90. The van der Waals surface area contributed by atoms with E-state index in [1.807, 2.05) is 77.5 Å². The lowest BCUT2D eigenvalue weighted by Gasteiger charge is -2.12. The van der Waals surface area contributed by atoms with Crippen LogP contribution in [0.15, 0.2) is 79.1 Å². The van der Waals surface area contributed by atoms with Gasteiger partial charge in [0.1, 0.15) is 18.0 Å². The SMILES string of the molecule is CC(=N)OC(=N)/C(=C/c1ccc(Cl)cc1)c1ccc(OCc2cn3ccccc3n2)cc1. The van der Waals surface area contributed by atoms with Gasteiger partial charge in [0.15, 0.2) is 5.90 Å². The molecule has 0 saturated heterocycles. The number of hydrogen-bond donors (Lipinski definition) is 2. The van der Waals surface area contributed by atoms with Crippen LogP contribution in [-0.4, -0.2) is 21.2 Å². The molecule has 7 heteroatoms. The van der Waals surface area contributed by atoms with E-state index in [9.17, 15) is 0 Å². The van der Waals surface area contributed by atoms with Crippen molar-refractivity contribution < 1.29 is 9.47 Å². The predicted molar refractivity (Wildman–Crippen MR) is 128 cm³/mol. The first-order valence-corrected chi connectivity index (χ1v) is 10.3. The van der Waals surface area contributed by atoms with Crippen LogP contribution >= 0.6 is 11.6 Å². The van der Waals surface area contributed by atoms with Crippen molar-refractivity contribution in [1.29, 1.82) is 10.8 Å². The van der Waals surface area contributed by atoms with Crippen LogP contribution in [-0.2, 0) is 11.3 Å². The molecule has 160 valence electrons. The van der Waals surface area contributed by atoms with E-state index in [-0.39, 0.29) is 11.8 Å². The quantitative estimate of drug-likeness (QED) is 0.214. The van der Waals surface area contributed by atoms with Crippen molar-refractivity contribution >= 4 is 40.7 Å². The molecule has 0 radical (unpaired) electrons. The van der Waals surface area contributed by atoms with Crippen molar-refractivity contribution in [1.82, 2.24) is 9.38 Å². The smallest absolute Gasteiger partial charge is 0.221 e. The van der Waals surface area contributed by atoms with Gasteiger partial charge >= 0.3 is 0 Å². The van der Waals surface area contributed by atoms with E-state index < -0.39 is 0 Å². The van der Waals surface area contributed by atoms with Crippen LogP contribution in [0.4, 0.5) is 0 Å². The summed E-state index contributed by atoms with van der Waals surface area (Å²) in [6.07, 6.45) is 5.71. The third-order valence-corrected chi connectivity index (χ3v) is 4.90. The Labute approximate surface area is 190 Å². The van der Waals surface area contributed by atoms with Gasteiger partial charge in [-0.3, -0.25) is 10.8 Å². The van der Waals surface area contributed by atoms with Crippen LogP contribution in [0.1, 0.15) is 23.7 Å². The zero-order valence-corrected chi connectivity index (χ0v) is 18.1. The van der Waals surface area contributed by atoms with Gasteiger partial charge in [0.05, 0.1) is 5.69 Å². The van der Waals surface area contributed by atoms with Gasteiger partial charge in [0.25, 0.3) is 0 Å². The van der Waals surface area contributed by atoms with E-state index in [0.717, 1.165) is 22.5 Å². The highest BCUT2D eigenvalue weighted by Crippen LogP contribution is 2.24. The monoisotopic (exact) mass is 444 g/mol. The maximum Gasteiger partial charge on any atom is 0.221 e. The average Bonchev–Trinajstić information content (AvgIpc) is 3.20. The molecule has 0 bridgehead atoms. The van der Waals surface area contributed by atoms with Gasteiger partial charge in [-0.25, -0.2) is 4.98 Å². The molecular weight excluding hydrogens is 424 g/mol. The Morgan fingerprint density at radius 3 is 2.47 bits per heavy atom. The highest BCUT2D eigenvalue weighted by atomic mass is 35.5. The zero-order valence-electron chi connectivity index (χ0n) is 17.4. The minimum absolute atomic E-state index is 0.0515. The second-order valence-corrected chi connectivity index (χ2v) is 7.54. The number of benzene rings is 2. The number of fused-ring (bicyclic) bond motifs is 1. The van der Waals surface area contributed by atoms with E-state index in [1.165, 1.54) is 6.92 Å². The topological polar surface area (TPSA) is 83.5 Å². The molecule has 0 saturated carbocycles. The number of imidazole rings is 1. The van der Waals surface area contributed by atoms with Crippen molar-refractivity contribution in [3.05, 3.63) is 101 Å². The molecule has 4 aromatic rings. The van der Waals surface area contributed by atoms with Gasteiger partial charge in [-0.05, 0) is 53.6 Å². The molecule has 32 heavy (non-hydrogen) atoms. The van der Waals surface area contributed by atoms with Gasteiger partial charge in [0.2, 0.25) is 5.90 Å². The summed E-state index contributed by atoms with van der Waals surface area (Å²) < 4.78 is 13.1. The van der Waals surface area contributed by atoms with Crippen molar-refractivity contribution in [3.8, 4) is 5.75 Å². The van der Waals surface area contributed by atoms with E-state index in [2.05, 4.69) is 4.98 Å². The molecule has 0 aliphatic heterocycles. The summed E-state index contributed by atoms with van der Waals surface area (Å²) >= 11 is 5.98. The van der Waals surface area contributed by atoms with Crippen LogP contribution in [0.2, 0.25) is 5.02 Å². The first-order chi connectivity index (χ1) is 15.5. The minimum Gasteiger partial charge on any atom is -0.487 e. The van der Waals surface area contributed by atoms with Crippen LogP contribution in [0.3, 0.4) is 0 Å². The average molecular weight is 445 g/mol. The number of rotatable bonds is 6. The molecule has 2 heterocycles. The van der Waals surface area contributed by atoms with Gasteiger partial charge in [-0.2, -0.15) is 0 Å². The number of hydrogen-bond acceptors (Lipinski definition) is 5. The lowest BCUT2D eigenvalue weighted by atomic mass is 10.0. The van der Waals surface area contributed by atoms with E-state index in [4.69, 9.17) is 31.9 Å². The first kappa shape index (κ1) is 21.3. The van der Waals surface area contributed by atoms with Crippen molar-refractivity contribution in [2.24, 2.45) is 0 Å². The fraction of sp³-hybridized carbons (Fsp3) is 0.0800. The normalized spacial score (nSPS) is 11.4. The van der Waals surface area contributed by atoms with Crippen LogP contribution in [0.25, 0.3) is 17.3 Å². The number of ether oxygens (including phenoxy) is 2. The Balaban J connectivity index is 1.53. The molecule has 2 N–H and O–H groups in total. The number of pyridine rings is 1. The molecule has 0 unspecified atom stereocenters. The molecule has 0 atom stereocenters. The Kier molecular flexibility index (Phi) is 6.33. The third kappa shape index (κ3) is 5.22. The highest BCUT2D eigenvalue weighted by molar-refractivity contribution is 6.30. The van der Waals surface area contributed by atoms with Gasteiger partial charge in [0, 0.05) is 29.9 Å². The van der Waals surface area contributed by atoms with Crippen LogP contribution in [0, 0.1) is 10.8 Å². The molecule has 0 aliphatic carbocycles. The van der Waals surface area contributed by atoms with Crippen molar-refractivity contribution in [3.63, 3.8) is 0 Å². The standard InChI is InChI=1S/C25H21ClN4O2/c1-17(27)32-25(28)23(14-18-5-9-20(26)10-6-18)19-7-11-22(12-8-19)31-16-21-15-30-13-3-2-4-24(30)29-21/h2-15,27-28H,16H2,1H3/b23-14+,27-17?,28-25?. The van der Waals surface area contributed by atoms with Gasteiger partial charge in [-0.15, -0.1) is 0 Å². The molecule has 2 aromatic carbocycles. The first-order valence-electron chi connectivity index (χ1n) is 9.93. The fourth-order valence-electron chi connectivity index (χ4n) is 3.16. The highest BCUT2D eigenvalue weighted by Gasteiger charge is 2.12. The lowest BCUT2D eigenvalue weighted by Crippen LogP contribution is -2.09. The van der Waals surface area contributed by atoms with Gasteiger partial charge in [-0.1, -0.05) is 41.9 Å². The summed E-state index contributed by atoms with van der Waals surface area (Å²) in [5.41, 5.74) is 3.89. The summed E-state index contributed by atoms with van der Waals surface area (Å²) in [5, 5.41) is 16.5. The second kappa shape index (κ2) is 9.49. The number of nitrogens with one attached hydrogen (secondary N) is 2. The van der Waals surface area contributed by atoms with Crippen molar-refractivity contribution in [2.75, 3.05) is 0 Å². The Morgan fingerprint density at radius 2 is 1.78 bits per heavy atom. The maximum atomic E-state index is 8.31. The van der Waals surface area contributed by atoms with Gasteiger partial charge < -0.3 is 13.9 Å². The van der Waals surface area contributed by atoms with Crippen LogP contribution in [0.5, 0.6) is 5.75 Å². The summed E-state index contributed by atoms with van der Waals surface area (Å²) in [5.74, 6) is 0.530. The third-order valence-electron chi connectivity index (χ3n) is 4.65. The molecular formula is C25H21ClN4O2. The summed E-state index contributed by atoms with van der Waals surface area (Å²) in [6.45, 7) is 1.84. The van der Waals surface area contributed by atoms with Crippen molar-refractivity contribution in [2.45, 2.75) is 13.5 Å². The second-order valence-electron chi connectivity index (χ2n) is 7.11. The molecule has 0 amide bonds. The molecule has 0 spiro atoms. The lowest BCUT2D eigenvalue weighted by molar-refractivity contribution is 0.302. The Bertz CT molecular complexity index is 1260. The molecule has 6 nitrogen and oxygen atoms in total. The summed E-state index contributed by atoms with van der Waals surface area (Å²) in [7, 11) is 0. The van der Waals surface area contributed by atoms with Crippen LogP contribution < -0.4 is 4.74 Å².